The number of carbonyl (C=O) groups is 1. The maximum Gasteiger partial charge on any atom is 0.421 e. The number of Topliss-reactive ketones (excluding diaryl/α,β-unsaturated/α-hetero) is 1. The minimum absolute atomic E-state index is 0.0826. The van der Waals surface area contributed by atoms with Crippen LogP contribution < -0.4 is 5.76 Å². The molecule has 0 aliphatic heterocycles. The van der Waals surface area contributed by atoms with Crippen molar-refractivity contribution in [2.75, 3.05) is 0 Å². The summed E-state index contributed by atoms with van der Waals surface area (Å²) >= 11 is 0. The molecule has 0 fully saturated rings. The maximum atomic E-state index is 12.1. The Morgan fingerprint density at radius 2 is 2.21 bits per heavy atom. The number of pyridine rings is 1. The lowest BCUT2D eigenvalue weighted by Gasteiger charge is -2.02. The molecular formula is C13H11N3O3. The molecule has 0 N–H and O–H groups in total. The Labute approximate surface area is 107 Å². The molecule has 0 aliphatic rings. The van der Waals surface area contributed by atoms with E-state index in [0.717, 1.165) is 0 Å². The van der Waals surface area contributed by atoms with Crippen molar-refractivity contribution in [1.82, 2.24) is 14.1 Å². The fraction of sp³-hybridized carbons (Fsp3) is 0.154. The number of aromatic nitrogens is 3. The number of hydrogen-bond acceptors (Lipinski definition) is 4. The molecule has 0 radical (unpaired) electrons. The third-order valence-electron chi connectivity index (χ3n) is 2.96. The largest absolute Gasteiger partial charge is 0.421 e. The lowest BCUT2D eigenvalue weighted by Crippen LogP contribution is -2.21. The van der Waals surface area contributed by atoms with E-state index in [-0.39, 0.29) is 12.3 Å². The molecule has 3 heterocycles. The van der Waals surface area contributed by atoms with Crippen molar-refractivity contribution < 1.29 is 9.21 Å². The Kier molecular flexibility index (Phi) is 2.56. The fourth-order valence-electron chi connectivity index (χ4n) is 2.02. The minimum atomic E-state index is -0.573. The third kappa shape index (κ3) is 1.87. The Morgan fingerprint density at radius 3 is 2.95 bits per heavy atom. The molecule has 3 aromatic rings. The highest BCUT2D eigenvalue weighted by atomic mass is 16.4. The summed E-state index contributed by atoms with van der Waals surface area (Å²) in [6.07, 6.45) is 3.34. The molecule has 19 heavy (non-hydrogen) atoms. The summed E-state index contributed by atoms with van der Waals surface area (Å²) in [7, 11) is 1.78. The average Bonchev–Trinajstić information content (AvgIpc) is 2.94. The van der Waals surface area contributed by atoms with Gasteiger partial charge in [0, 0.05) is 19.4 Å². The summed E-state index contributed by atoms with van der Waals surface area (Å²) in [6, 6.07) is 6.81. The second-order valence-corrected chi connectivity index (χ2v) is 4.21. The number of aryl methyl sites for hydroxylation is 1. The summed E-state index contributed by atoms with van der Waals surface area (Å²) in [5.41, 5.74) is 1.31. The van der Waals surface area contributed by atoms with Gasteiger partial charge in [0.25, 0.3) is 0 Å². The highest BCUT2D eigenvalue weighted by Gasteiger charge is 2.16. The van der Waals surface area contributed by atoms with Crippen molar-refractivity contribution in [2.24, 2.45) is 7.05 Å². The van der Waals surface area contributed by atoms with Crippen LogP contribution in [-0.2, 0) is 13.6 Å². The molecule has 0 unspecified atom stereocenters. The Bertz CT molecular complexity index is 810. The van der Waals surface area contributed by atoms with Crippen LogP contribution >= 0.6 is 0 Å². The lowest BCUT2D eigenvalue weighted by atomic mass is 10.3. The monoisotopic (exact) mass is 257 g/mol. The van der Waals surface area contributed by atoms with E-state index >= 15 is 0 Å². The van der Waals surface area contributed by atoms with Crippen molar-refractivity contribution in [1.29, 1.82) is 0 Å². The SMILES string of the molecule is Cn1cccc1C(=O)Cn1c(=O)oc2cccnc21. The predicted octanol–water partition coefficient (Wildman–Crippen LogP) is 1.21. The van der Waals surface area contributed by atoms with Crippen LogP contribution in [0.15, 0.2) is 45.9 Å². The zero-order valence-electron chi connectivity index (χ0n) is 10.2. The minimum Gasteiger partial charge on any atom is -0.406 e. The van der Waals surface area contributed by atoms with Gasteiger partial charge in [0.1, 0.15) is 0 Å². The van der Waals surface area contributed by atoms with Gasteiger partial charge in [-0.05, 0) is 24.3 Å². The van der Waals surface area contributed by atoms with E-state index in [2.05, 4.69) is 4.98 Å². The van der Waals surface area contributed by atoms with Crippen molar-refractivity contribution in [2.45, 2.75) is 6.54 Å². The molecule has 3 aromatic heterocycles. The first-order chi connectivity index (χ1) is 9.16. The van der Waals surface area contributed by atoms with Gasteiger partial charge in [-0.3, -0.25) is 9.36 Å². The van der Waals surface area contributed by atoms with Crippen LogP contribution in [0.1, 0.15) is 10.5 Å². The highest BCUT2D eigenvalue weighted by molar-refractivity contribution is 5.95. The number of ketones is 1. The molecule has 6 nitrogen and oxygen atoms in total. The second-order valence-electron chi connectivity index (χ2n) is 4.21. The molecule has 0 bridgehead atoms. The van der Waals surface area contributed by atoms with Crippen LogP contribution in [0.2, 0.25) is 0 Å². The van der Waals surface area contributed by atoms with Gasteiger partial charge in [0.15, 0.2) is 17.0 Å². The fourth-order valence-corrected chi connectivity index (χ4v) is 2.02. The van der Waals surface area contributed by atoms with Crippen LogP contribution in [-0.4, -0.2) is 19.9 Å². The van der Waals surface area contributed by atoms with Crippen molar-refractivity contribution in [3.8, 4) is 0 Å². The first kappa shape index (κ1) is 11.5. The van der Waals surface area contributed by atoms with E-state index in [4.69, 9.17) is 4.42 Å². The number of fused-ring (bicyclic) bond motifs is 1. The van der Waals surface area contributed by atoms with Crippen LogP contribution in [0.5, 0.6) is 0 Å². The molecule has 0 spiro atoms. The van der Waals surface area contributed by atoms with Crippen LogP contribution in [0, 0.1) is 0 Å². The first-order valence-corrected chi connectivity index (χ1v) is 5.75. The van der Waals surface area contributed by atoms with E-state index in [9.17, 15) is 9.59 Å². The van der Waals surface area contributed by atoms with Gasteiger partial charge in [0.2, 0.25) is 0 Å². The van der Waals surface area contributed by atoms with E-state index in [0.29, 0.717) is 16.9 Å². The van der Waals surface area contributed by atoms with E-state index in [1.165, 1.54) is 4.57 Å². The molecule has 3 rings (SSSR count). The number of hydrogen-bond donors (Lipinski definition) is 0. The van der Waals surface area contributed by atoms with Crippen LogP contribution in [0.3, 0.4) is 0 Å². The number of carbonyl (C=O) groups excluding carboxylic acids is 1. The molecular weight excluding hydrogens is 246 g/mol. The lowest BCUT2D eigenvalue weighted by molar-refractivity contribution is 0.0962. The average molecular weight is 257 g/mol. The summed E-state index contributed by atoms with van der Waals surface area (Å²) in [5, 5.41) is 0. The second kappa shape index (κ2) is 4.24. The topological polar surface area (TPSA) is 70.0 Å². The quantitative estimate of drug-likeness (QED) is 0.661. The number of oxazole rings is 1. The first-order valence-electron chi connectivity index (χ1n) is 5.75. The van der Waals surface area contributed by atoms with Crippen molar-refractivity contribution in [3.05, 3.63) is 52.9 Å². The molecule has 0 amide bonds. The van der Waals surface area contributed by atoms with Crippen LogP contribution in [0.25, 0.3) is 11.2 Å². The molecule has 0 aromatic carbocycles. The summed E-state index contributed by atoms with van der Waals surface area (Å²) in [6.45, 7) is -0.0826. The van der Waals surface area contributed by atoms with E-state index < -0.39 is 5.76 Å². The molecule has 0 aliphatic carbocycles. The van der Waals surface area contributed by atoms with Gasteiger partial charge in [-0.25, -0.2) is 9.78 Å². The zero-order valence-corrected chi connectivity index (χ0v) is 10.2. The van der Waals surface area contributed by atoms with Gasteiger partial charge in [0.05, 0.1) is 12.2 Å². The Morgan fingerprint density at radius 1 is 1.37 bits per heavy atom. The predicted molar refractivity (Wildman–Crippen MR) is 68.0 cm³/mol. The number of nitrogens with zero attached hydrogens (tertiary/aromatic N) is 3. The summed E-state index contributed by atoms with van der Waals surface area (Å²) < 4.78 is 7.99. The number of rotatable bonds is 3. The zero-order chi connectivity index (χ0) is 13.4. The van der Waals surface area contributed by atoms with Gasteiger partial charge < -0.3 is 8.98 Å². The van der Waals surface area contributed by atoms with Gasteiger partial charge in [-0.15, -0.1) is 0 Å². The van der Waals surface area contributed by atoms with Gasteiger partial charge in [-0.1, -0.05) is 0 Å². The third-order valence-corrected chi connectivity index (χ3v) is 2.96. The van der Waals surface area contributed by atoms with E-state index in [1.54, 1.807) is 48.3 Å². The Balaban J connectivity index is 2.02. The maximum absolute atomic E-state index is 12.1. The Hall–Kier alpha value is -2.63. The van der Waals surface area contributed by atoms with Crippen molar-refractivity contribution in [3.63, 3.8) is 0 Å². The van der Waals surface area contributed by atoms with E-state index in [1.807, 2.05) is 0 Å². The summed E-state index contributed by atoms with van der Waals surface area (Å²) in [5.74, 6) is -0.737. The molecule has 0 saturated carbocycles. The van der Waals surface area contributed by atoms with Crippen molar-refractivity contribution >= 4 is 17.0 Å². The molecule has 0 saturated heterocycles. The normalized spacial score (nSPS) is 11.0. The van der Waals surface area contributed by atoms with Gasteiger partial charge >= 0.3 is 5.76 Å². The molecule has 6 heteroatoms. The highest BCUT2D eigenvalue weighted by Crippen LogP contribution is 2.10. The summed E-state index contributed by atoms with van der Waals surface area (Å²) in [4.78, 5) is 27.9. The van der Waals surface area contributed by atoms with Crippen LogP contribution in [0.4, 0.5) is 0 Å². The molecule has 0 atom stereocenters. The smallest absolute Gasteiger partial charge is 0.406 e. The molecule has 96 valence electrons. The van der Waals surface area contributed by atoms with Gasteiger partial charge in [-0.2, -0.15) is 0 Å². The standard InChI is InChI=1S/C13H11N3O3/c1-15-7-3-4-9(15)10(17)8-16-12-11(19-13(16)18)5-2-6-14-12/h2-7H,8H2,1H3.